The van der Waals surface area contributed by atoms with Gasteiger partial charge in [0.2, 0.25) is 11.8 Å². The van der Waals surface area contributed by atoms with Gasteiger partial charge in [0.15, 0.2) is 0 Å². The van der Waals surface area contributed by atoms with Crippen LogP contribution in [0.4, 0.5) is 13.2 Å². The number of benzene rings is 1. The Morgan fingerprint density at radius 3 is 2.60 bits per heavy atom. The van der Waals surface area contributed by atoms with Gasteiger partial charge in [0.1, 0.15) is 0 Å². The quantitative estimate of drug-likeness (QED) is 0.715. The normalized spacial score (nSPS) is 21.7. The Morgan fingerprint density at radius 1 is 1.30 bits per heavy atom. The van der Waals surface area contributed by atoms with Gasteiger partial charge in [-0.15, -0.1) is 6.58 Å². The fourth-order valence-electron chi connectivity index (χ4n) is 4.41. The Balaban J connectivity index is 1.62. The van der Waals surface area contributed by atoms with Crippen LogP contribution in [0.5, 0.6) is 0 Å². The standard InChI is InChI=1S/C22H27F3N2O3/c1-2-8-27-14-17(12-19(27)29)20(30)26-9-6-21(15-28,7-10-26)13-16-4-3-5-18(11-16)22(23,24)25/h2-5,11,17,28H,1,6-10,12-15H2. The maximum absolute atomic E-state index is 13.0. The van der Waals surface area contributed by atoms with Gasteiger partial charge in [-0.25, -0.2) is 0 Å². The molecule has 0 aromatic heterocycles. The largest absolute Gasteiger partial charge is 0.416 e. The van der Waals surface area contributed by atoms with E-state index in [-0.39, 0.29) is 30.8 Å². The molecule has 5 nitrogen and oxygen atoms in total. The Hall–Kier alpha value is -2.35. The van der Waals surface area contributed by atoms with Crippen LogP contribution >= 0.6 is 0 Å². The highest BCUT2D eigenvalue weighted by Gasteiger charge is 2.40. The zero-order valence-corrected chi connectivity index (χ0v) is 16.8. The zero-order chi connectivity index (χ0) is 21.9. The van der Waals surface area contributed by atoms with Gasteiger partial charge in [-0.2, -0.15) is 13.2 Å². The van der Waals surface area contributed by atoms with E-state index >= 15 is 0 Å². The number of alkyl halides is 3. The molecular formula is C22H27F3N2O3. The minimum Gasteiger partial charge on any atom is -0.396 e. The average Bonchev–Trinajstić information content (AvgIpc) is 3.08. The molecule has 1 atom stereocenters. The van der Waals surface area contributed by atoms with E-state index in [9.17, 15) is 27.9 Å². The molecule has 1 N–H and O–H groups in total. The van der Waals surface area contributed by atoms with Crippen molar-refractivity contribution in [1.29, 1.82) is 0 Å². The van der Waals surface area contributed by atoms with Crippen LogP contribution in [0, 0.1) is 11.3 Å². The van der Waals surface area contributed by atoms with E-state index in [1.165, 1.54) is 6.07 Å². The molecular weight excluding hydrogens is 397 g/mol. The molecule has 2 aliphatic heterocycles. The summed E-state index contributed by atoms with van der Waals surface area (Å²) in [6.07, 6.45) is -1.25. The smallest absolute Gasteiger partial charge is 0.396 e. The van der Waals surface area contributed by atoms with Crippen molar-refractivity contribution in [3.05, 3.63) is 48.0 Å². The number of aliphatic hydroxyl groups is 1. The maximum atomic E-state index is 13.0. The van der Waals surface area contributed by atoms with Gasteiger partial charge in [0.25, 0.3) is 0 Å². The molecule has 1 aromatic rings. The number of carbonyl (C=O) groups is 2. The predicted molar refractivity (Wildman–Crippen MR) is 105 cm³/mol. The fourth-order valence-corrected chi connectivity index (χ4v) is 4.41. The van der Waals surface area contributed by atoms with Crippen LogP contribution in [0.3, 0.4) is 0 Å². The van der Waals surface area contributed by atoms with Crippen molar-refractivity contribution >= 4 is 11.8 Å². The summed E-state index contributed by atoms with van der Waals surface area (Å²) < 4.78 is 39.0. The van der Waals surface area contributed by atoms with Crippen LogP contribution in [-0.4, -0.2) is 59.5 Å². The molecule has 1 aromatic carbocycles. The van der Waals surface area contributed by atoms with Crippen molar-refractivity contribution < 1.29 is 27.9 Å². The summed E-state index contributed by atoms with van der Waals surface area (Å²) in [6.45, 7) is 5.12. The van der Waals surface area contributed by atoms with Crippen LogP contribution in [0.15, 0.2) is 36.9 Å². The first-order chi connectivity index (χ1) is 14.2. The summed E-state index contributed by atoms with van der Waals surface area (Å²) in [7, 11) is 0. The molecule has 0 radical (unpaired) electrons. The van der Waals surface area contributed by atoms with E-state index in [0.717, 1.165) is 12.1 Å². The van der Waals surface area contributed by atoms with Crippen molar-refractivity contribution in [2.75, 3.05) is 32.8 Å². The molecule has 2 saturated heterocycles. The Kier molecular flexibility index (Phi) is 6.55. The number of hydrogen-bond acceptors (Lipinski definition) is 3. The molecule has 2 heterocycles. The van der Waals surface area contributed by atoms with E-state index in [1.807, 2.05) is 0 Å². The number of halogens is 3. The van der Waals surface area contributed by atoms with E-state index in [2.05, 4.69) is 6.58 Å². The van der Waals surface area contributed by atoms with E-state index in [4.69, 9.17) is 0 Å². The second-order valence-electron chi connectivity index (χ2n) is 8.35. The van der Waals surface area contributed by atoms with Crippen LogP contribution in [0.1, 0.15) is 30.4 Å². The molecule has 2 amide bonds. The molecule has 0 aliphatic carbocycles. The third kappa shape index (κ3) is 4.86. The molecule has 8 heteroatoms. The van der Waals surface area contributed by atoms with Crippen molar-refractivity contribution in [3.8, 4) is 0 Å². The third-order valence-corrected chi connectivity index (χ3v) is 6.22. The summed E-state index contributed by atoms with van der Waals surface area (Å²) in [5.41, 5.74) is -0.725. The van der Waals surface area contributed by atoms with Crippen LogP contribution < -0.4 is 0 Å². The molecule has 3 rings (SSSR count). The molecule has 2 fully saturated rings. The number of piperidine rings is 1. The van der Waals surface area contributed by atoms with Crippen LogP contribution in [-0.2, 0) is 22.2 Å². The first-order valence-corrected chi connectivity index (χ1v) is 10.1. The highest BCUT2D eigenvalue weighted by molar-refractivity contribution is 5.89. The van der Waals surface area contributed by atoms with Crippen molar-refractivity contribution in [3.63, 3.8) is 0 Å². The molecule has 0 spiro atoms. The summed E-state index contributed by atoms with van der Waals surface area (Å²) in [6, 6.07) is 5.19. The monoisotopic (exact) mass is 424 g/mol. The predicted octanol–water partition coefficient (Wildman–Crippen LogP) is 2.88. The molecule has 2 aliphatic rings. The number of amides is 2. The maximum Gasteiger partial charge on any atom is 0.416 e. The van der Waals surface area contributed by atoms with Gasteiger partial charge in [-0.05, 0) is 30.9 Å². The number of hydrogen-bond donors (Lipinski definition) is 1. The minimum absolute atomic E-state index is 0.0560. The fraction of sp³-hybridized carbons (Fsp3) is 0.545. The minimum atomic E-state index is -4.41. The van der Waals surface area contributed by atoms with E-state index in [0.29, 0.717) is 51.0 Å². The van der Waals surface area contributed by atoms with E-state index in [1.54, 1.807) is 21.9 Å². The Labute approximate surface area is 174 Å². The molecule has 1 unspecified atom stereocenters. The van der Waals surface area contributed by atoms with Crippen LogP contribution in [0.25, 0.3) is 0 Å². The van der Waals surface area contributed by atoms with Gasteiger partial charge >= 0.3 is 6.18 Å². The average molecular weight is 424 g/mol. The number of aliphatic hydroxyl groups excluding tert-OH is 1. The zero-order valence-electron chi connectivity index (χ0n) is 16.8. The number of nitrogens with zero attached hydrogens (tertiary/aromatic N) is 2. The Morgan fingerprint density at radius 2 is 2.00 bits per heavy atom. The van der Waals surface area contributed by atoms with Gasteiger partial charge in [0.05, 0.1) is 11.5 Å². The first-order valence-electron chi connectivity index (χ1n) is 10.1. The number of likely N-dealkylation sites (tertiary alicyclic amines) is 2. The molecule has 0 saturated carbocycles. The lowest BCUT2D eigenvalue weighted by Gasteiger charge is -2.41. The Bertz CT molecular complexity index is 801. The third-order valence-electron chi connectivity index (χ3n) is 6.22. The highest BCUT2D eigenvalue weighted by Crippen LogP contribution is 2.37. The van der Waals surface area contributed by atoms with E-state index < -0.39 is 17.2 Å². The number of carbonyl (C=O) groups excluding carboxylic acids is 2. The molecule has 164 valence electrons. The van der Waals surface area contributed by atoms with Gasteiger partial charge in [-0.1, -0.05) is 24.3 Å². The highest BCUT2D eigenvalue weighted by atomic mass is 19.4. The molecule has 30 heavy (non-hydrogen) atoms. The lowest BCUT2D eigenvalue weighted by molar-refractivity contribution is -0.139. The van der Waals surface area contributed by atoms with Crippen molar-refractivity contribution in [2.24, 2.45) is 11.3 Å². The first kappa shape index (κ1) is 22.3. The lowest BCUT2D eigenvalue weighted by atomic mass is 9.74. The van der Waals surface area contributed by atoms with Crippen molar-refractivity contribution in [1.82, 2.24) is 9.80 Å². The van der Waals surface area contributed by atoms with Crippen LogP contribution in [0.2, 0.25) is 0 Å². The summed E-state index contributed by atoms with van der Waals surface area (Å²) in [5.74, 6) is -0.498. The molecule has 0 bridgehead atoms. The lowest BCUT2D eigenvalue weighted by Crippen LogP contribution is -2.47. The second-order valence-corrected chi connectivity index (χ2v) is 8.35. The van der Waals surface area contributed by atoms with Gasteiger partial charge in [-0.3, -0.25) is 9.59 Å². The topological polar surface area (TPSA) is 60.9 Å². The second kappa shape index (κ2) is 8.79. The summed E-state index contributed by atoms with van der Waals surface area (Å²) in [4.78, 5) is 28.2. The van der Waals surface area contributed by atoms with Gasteiger partial charge in [0, 0.05) is 44.6 Å². The summed E-state index contributed by atoms with van der Waals surface area (Å²) in [5, 5.41) is 10.0. The van der Waals surface area contributed by atoms with Crippen molar-refractivity contribution in [2.45, 2.75) is 31.9 Å². The summed E-state index contributed by atoms with van der Waals surface area (Å²) >= 11 is 0. The number of rotatable bonds is 6. The van der Waals surface area contributed by atoms with Gasteiger partial charge < -0.3 is 14.9 Å². The SMILES string of the molecule is C=CCN1CC(C(=O)N2CCC(CO)(Cc3cccc(C(F)(F)F)c3)CC2)CC1=O.